The number of hydrogen-bond donors (Lipinski definition) is 0. The van der Waals surface area contributed by atoms with Gasteiger partial charge in [-0.2, -0.15) is 0 Å². The van der Waals surface area contributed by atoms with Crippen molar-refractivity contribution >= 4 is 5.91 Å². The van der Waals surface area contributed by atoms with E-state index in [2.05, 4.69) is 0 Å². The molecule has 32 heavy (non-hydrogen) atoms. The van der Waals surface area contributed by atoms with Crippen LogP contribution >= 0.6 is 0 Å². The summed E-state index contributed by atoms with van der Waals surface area (Å²) in [6.07, 6.45) is 3.03. The lowest BCUT2D eigenvalue weighted by Crippen LogP contribution is -2.36. The second kappa shape index (κ2) is 8.87. The molecule has 2 aliphatic rings. The molecule has 2 aliphatic heterocycles. The number of fused-ring (bicyclic) bond motifs is 1. The predicted octanol–water partition coefficient (Wildman–Crippen LogP) is 4.81. The van der Waals surface area contributed by atoms with Gasteiger partial charge in [-0.15, -0.1) is 0 Å². The van der Waals surface area contributed by atoms with Crippen LogP contribution in [0.4, 0.5) is 4.39 Å². The first-order valence-electron chi connectivity index (χ1n) is 11.3. The van der Waals surface area contributed by atoms with E-state index >= 15 is 0 Å². The molecule has 1 fully saturated rings. The van der Waals surface area contributed by atoms with Crippen LogP contribution in [0.1, 0.15) is 63.2 Å². The number of hydrogen-bond acceptors (Lipinski definition) is 4. The number of aryl methyl sites for hydroxylation is 1. The van der Waals surface area contributed by atoms with E-state index in [1.54, 1.807) is 19.1 Å². The summed E-state index contributed by atoms with van der Waals surface area (Å²) in [6.45, 7) is 4.28. The van der Waals surface area contributed by atoms with Crippen LogP contribution < -0.4 is 0 Å². The van der Waals surface area contributed by atoms with Crippen LogP contribution in [0, 0.1) is 12.7 Å². The van der Waals surface area contributed by atoms with E-state index in [9.17, 15) is 9.18 Å². The van der Waals surface area contributed by atoms with Crippen LogP contribution in [0.15, 0.2) is 46.9 Å². The van der Waals surface area contributed by atoms with E-state index in [1.165, 1.54) is 0 Å². The summed E-state index contributed by atoms with van der Waals surface area (Å²) in [7, 11) is 0. The van der Waals surface area contributed by atoms with Gasteiger partial charge in [0.25, 0.3) is 5.91 Å². The lowest BCUT2D eigenvalue weighted by molar-refractivity contribution is 0.0725. The summed E-state index contributed by atoms with van der Waals surface area (Å²) in [5.41, 5.74) is 3.89. The minimum absolute atomic E-state index is 0.0190. The Labute approximate surface area is 187 Å². The van der Waals surface area contributed by atoms with Crippen molar-refractivity contribution in [3.05, 3.63) is 87.9 Å². The van der Waals surface area contributed by atoms with Crippen molar-refractivity contribution in [1.29, 1.82) is 0 Å². The van der Waals surface area contributed by atoms with E-state index < -0.39 is 0 Å². The SMILES string of the molecule is Cc1ccc(Cc2ccccc2C(=O)N2CCc3oc(C4CCOCC4)nc3C2)cc1F. The molecule has 0 atom stereocenters. The van der Waals surface area contributed by atoms with Gasteiger partial charge in [0.2, 0.25) is 0 Å². The first-order valence-corrected chi connectivity index (χ1v) is 11.3. The molecule has 0 saturated carbocycles. The normalized spacial score (nSPS) is 16.8. The maximum atomic E-state index is 14.0. The Balaban J connectivity index is 1.34. The van der Waals surface area contributed by atoms with Gasteiger partial charge in [-0.1, -0.05) is 30.3 Å². The van der Waals surface area contributed by atoms with Crippen molar-refractivity contribution in [2.75, 3.05) is 19.8 Å². The van der Waals surface area contributed by atoms with Gasteiger partial charge < -0.3 is 14.1 Å². The number of benzene rings is 2. The smallest absolute Gasteiger partial charge is 0.254 e. The van der Waals surface area contributed by atoms with Gasteiger partial charge in [-0.3, -0.25) is 4.79 Å². The Morgan fingerprint density at radius 3 is 2.81 bits per heavy atom. The molecule has 0 radical (unpaired) electrons. The molecule has 1 amide bonds. The number of carbonyl (C=O) groups excluding carboxylic acids is 1. The highest BCUT2D eigenvalue weighted by Gasteiger charge is 2.29. The summed E-state index contributed by atoms with van der Waals surface area (Å²) >= 11 is 0. The monoisotopic (exact) mass is 434 g/mol. The number of rotatable bonds is 4. The average Bonchev–Trinajstić information content (AvgIpc) is 3.25. The molecular formula is C26H27FN2O3. The maximum absolute atomic E-state index is 14.0. The summed E-state index contributed by atoms with van der Waals surface area (Å²) in [6, 6.07) is 12.8. The number of nitrogens with zero attached hydrogens (tertiary/aromatic N) is 2. The molecule has 0 aliphatic carbocycles. The average molecular weight is 435 g/mol. The second-order valence-electron chi connectivity index (χ2n) is 8.70. The van der Waals surface area contributed by atoms with Gasteiger partial charge in [0.05, 0.1) is 6.54 Å². The molecule has 166 valence electrons. The Kier molecular flexibility index (Phi) is 5.79. The predicted molar refractivity (Wildman–Crippen MR) is 118 cm³/mol. The van der Waals surface area contributed by atoms with Crippen molar-refractivity contribution < 1.29 is 18.3 Å². The minimum atomic E-state index is -0.221. The number of ether oxygens (including phenoxy) is 1. The largest absolute Gasteiger partial charge is 0.445 e. The molecule has 6 heteroatoms. The quantitative estimate of drug-likeness (QED) is 0.592. The van der Waals surface area contributed by atoms with E-state index in [0.29, 0.717) is 43.0 Å². The standard InChI is InChI=1S/C26H27FN2O3/c1-17-6-7-18(15-22(17)27)14-20-4-2-3-5-21(20)26(30)29-11-8-24-23(16-29)28-25(32-24)19-9-12-31-13-10-19/h2-7,15,19H,8-14,16H2,1H3. The number of aromatic nitrogens is 1. The van der Waals surface area contributed by atoms with E-state index in [1.807, 2.05) is 35.2 Å². The zero-order valence-corrected chi connectivity index (χ0v) is 18.3. The topological polar surface area (TPSA) is 55.6 Å². The molecule has 0 spiro atoms. The second-order valence-corrected chi connectivity index (χ2v) is 8.70. The van der Waals surface area contributed by atoms with Crippen LogP contribution in [0.25, 0.3) is 0 Å². The number of amides is 1. The molecule has 5 nitrogen and oxygen atoms in total. The fourth-order valence-electron chi connectivity index (χ4n) is 4.53. The lowest BCUT2D eigenvalue weighted by Gasteiger charge is -2.26. The third-order valence-corrected chi connectivity index (χ3v) is 6.48. The molecule has 1 saturated heterocycles. The first kappa shape index (κ1) is 20.9. The Bertz CT molecular complexity index is 1130. The summed E-state index contributed by atoms with van der Waals surface area (Å²) in [5, 5.41) is 0. The molecule has 1 aromatic heterocycles. The summed E-state index contributed by atoms with van der Waals surface area (Å²) < 4.78 is 25.5. The lowest BCUT2D eigenvalue weighted by atomic mass is 9.97. The summed E-state index contributed by atoms with van der Waals surface area (Å²) in [5.74, 6) is 1.75. The van der Waals surface area contributed by atoms with Crippen LogP contribution in [-0.2, 0) is 24.1 Å². The van der Waals surface area contributed by atoms with Gasteiger partial charge in [0.15, 0.2) is 5.89 Å². The van der Waals surface area contributed by atoms with Crippen molar-refractivity contribution in [3.8, 4) is 0 Å². The van der Waals surface area contributed by atoms with Gasteiger partial charge in [-0.05, 0) is 55.0 Å². The Hall–Kier alpha value is -2.99. The molecule has 3 heterocycles. The van der Waals surface area contributed by atoms with Crippen LogP contribution in [0.2, 0.25) is 0 Å². The third-order valence-electron chi connectivity index (χ3n) is 6.48. The molecule has 0 unspecified atom stereocenters. The highest BCUT2D eigenvalue weighted by Crippen LogP contribution is 2.30. The Morgan fingerprint density at radius 1 is 1.19 bits per heavy atom. The van der Waals surface area contributed by atoms with Crippen molar-refractivity contribution in [2.45, 2.75) is 45.1 Å². The summed E-state index contributed by atoms with van der Waals surface area (Å²) in [4.78, 5) is 20.0. The molecule has 3 aromatic rings. The van der Waals surface area contributed by atoms with Gasteiger partial charge in [0, 0.05) is 37.7 Å². The molecule has 0 N–H and O–H groups in total. The van der Waals surface area contributed by atoms with Gasteiger partial charge in [0.1, 0.15) is 17.3 Å². The number of oxazole rings is 1. The third kappa shape index (κ3) is 4.19. The zero-order chi connectivity index (χ0) is 22.1. The van der Waals surface area contributed by atoms with Crippen LogP contribution in [-0.4, -0.2) is 35.5 Å². The van der Waals surface area contributed by atoms with E-state index in [0.717, 1.165) is 54.5 Å². The minimum Gasteiger partial charge on any atom is -0.445 e. The Morgan fingerprint density at radius 2 is 2.00 bits per heavy atom. The van der Waals surface area contributed by atoms with E-state index in [-0.39, 0.29) is 11.7 Å². The van der Waals surface area contributed by atoms with Crippen molar-refractivity contribution in [1.82, 2.24) is 9.88 Å². The fourth-order valence-corrected chi connectivity index (χ4v) is 4.53. The number of halogens is 1. The molecular weight excluding hydrogens is 407 g/mol. The highest BCUT2D eigenvalue weighted by atomic mass is 19.1. The molecule has 0 bridgehead atoms. The van der Waals surface area contributed by atoms with Gasteiger partial charge in [-0.25, -0.2) is 9.37 Å². The molecule has 2 aromatic carbocycles. The van der Waals surface area contributed by atoms with Crippen molar-refractivity contribution in [2.24, 2.45) is 0 Å². The first-order chi connectivity index (χ1) is 15.6. The fraction of sp³-hybridized carbons (Fsp3) is 0.385. The number of carbonyl (C=O) groups is 1. The highest BCUT2D eigenvalue weighted by molar-refractivity contribution is 5.96. The van der Waals surface area contributed by atoms with Crippen LogP contribution in [0.3, 0.4) is 0 Å². The maximum Gasteiger partial charge on any atom is 0.254 e. The van der Waals surface area contributed by atoms with Crippen molar-refractivity contribution in [3.63, 3.8) is 0 Å². The van der Waals surface area contributed by atoms with Gasteiger partial charge >= 0.3 is 0 Å². The zero-order valence-electron chi connectivity index (χ0n) is 18.3. The van der Waals surface area contributed by atoms with Crippen LogP contribution in [0.5, 0.6) is 0 Å². The molecule has 5 rings (SSSR count). The van der Waals surface area contributed by atoms with E-state index in [4.69, 9.17) is 14.1 Å².